The molecule has 1 aliphatic carbocycles. The number of rotatable bonds is 6. The lowest BCUT2D eigenvalue weighted by molar-refractivity contribution is 0.595. The molecule has 100 valence electrons. The molecule has 0 saturated heterocycles. The maximum Gasteiger partial charge on any atom is 0.234 e. The van der Waals surface area contributed by atoms with E-state index in [9.17, 15) is 8.42 Å². The molecule has 1 aromatic carbocycles. The Morgan fingerprint density at radius 1 is 1.28 bits per heavy atom. The third-order valence-corrected chi connectivity index (χ3v) is 4.69. The molecule has 0 unspecified atom stereocenters. The summed E-state index contributed by atoms with van der Waals surface area (Å²) in [5, 5.41) is 3.69. The highest BCUT2D eigenvalue weighted by Crippen LogP contribution is 2.30. The zero-order valence-electron chi connectivity index (χ0n) is 9.62. The predicted molar refractivity (Wildman–Crippen MR) is 74.9 cm³/mol. The van der Waals surface area contributed by atoms with E-state index in [1.54, 1.807) is 18.2 Å². The lowest BCUT2D eigenvalue weighted by atomic mass is 10.3. The summed E-state index contributed by atoms with van der Waals surface area (Å²) in [7, 11) is -3.40. The van der Waals surface area contributed by atoms with E-state index >= 15 is 0 Å². The fourth-order valence-corrected chi connectivity index (χ4v) is 2.88. The minimum atomic E-state index is -3.40. The topological polar surface area (TPSA) is 58.2 Å². The fraction of sp³-hybridized carbons (Fsp3) is 0.455. The zero-order valence-corrected chi connectivity index (χ0v) is 11.9. The highest BCUT2D eigenvalue weighted by molar-refractivity contribution is 7.92. The molecule has 7 heteroatoms. The standard InChI is InChI=1S/C11H14Cl2N2O2S/c12-9-2-1-3-10(11(9)13)15-18(16,17)7-6-14-8-4-5-8/h1-3,8,14-15H,4-7H2. The molecule has 0 heterocycles. The molecule has 0 aliphatic heterocycles. The van der Waals surface area contributed by atoms with E-state index in [1.807, 2.05) is 0 Å². The molecule has 2 N–H and O–H groups in total. The van der Waals surface area contributed by atoms with Crippen molar-refractivity contribution in [3.63, 3.8) is 0 Å². The molecular weight excluding hydrogens is 295 g/mol. The Hall–Kier alpha value is -0.490. The van der Waals surface area contributed by atoms with Crippen molar-refractivity contribution in [1.29, 1.82) is 0 Å². The molecule has 1 fully saturated rings. The van der Waals surface area contributed by atoms with Crippen LogP contribution in [0.5, 0.6) is 0 Å². The Kier molecular flexibility index (Phi) is 4.37. The summed E-state index contributed by atoms with van der Waals surface area (Å²) < 4.78 is 26.1. The average Bonchev–Trinajstić information content (AvgIpc) is 3.08. The first-order valence-corrected chi connectivity index (χ1v) is 8.07. The Balaban J connectivity index is 1.95. The maximum atomic E-state index is 11.8. The van der Waals surface area contributed by atoms with E-state index in [0.717, 1.165) is 12.8 Å². The van der Waals surface area contributed by atoms with Crippen LogP contribution in [-0.4, -0.2) is 26.8 Å². The summed E-state index contributed by atoms with van der Waals surface area (Å²) in [6.07, 6.45) is 2.27. The number of benzene rings is 1. The molecule has 0 radical (unpaired) electrons. The number of hydrogen-bond donors (Lipinski definition) is 2. The van der Waals surface area contributed by atoms with Crippen molar-refractivity contribution in [2.45, 2.75) is 18.9 Å². The lowest BCUT2D eigenvalue weighted by Crippen LogP contribution is -2.28. The van der Waals surface area contributed by atoms with Gasteiger partial charge >= 0.3 is 0 Å². The largest absolute Gasteiger partial charge is 0.313 e. The van der Waals surface area contributed by atoms with Gasteiger partial charge < -0.3 is 5.32 Å². The van der Waals surface area contributed by atoms with Gasteiger partial charge in [0.15, 0.2) is 0 Å². The second-order valence-electron chi connectivity index (χ2n) is 4.25. The molecule has 0 aromatic heterocycles. The number of nitrogens with one attached hydrogen (secondary N) is 2. The quantitative estimate of drug-likeness (QED) is 0.849. The first-order chi connectivity index (χ1) is 8.48. The first-order valence-electron chi connectivity index (χ1n) is 5.66. The van der Waals surface area contributed by atoms with Gasteiger partial charge in [0.1, 0.15) is 0 Å². The van der Waals surface area contributed by atoms with Crippen molar-refractivity contribution in [1.82, 2.24) is 5.32 Å². The van der Waals surface area contributed by atoms with E-state index < -0.39 is 10.0 Å². The Labute approximate surface area is 117 Å². The van der Waals surface area contributed by atoms with Crippen LogP contribution in [0.25, 0.3) is 0 Å². The van der Waals surface area contributed by atoms with Crippen molar-refractivity contribution in [3.05, 3.63) is 28.2 Å². The number of sulfonamides is 1. The second-order valence-corrected chi connectivity index (χ2v) is 6.88. The molecule has 0 amide bonds. The monoisotopic (exact) mass is 308 g/mol. The molecule has 0 bridgehead atoms. The third kappa shape index (κ3) is 4.02. The SMILES string of the molecule is O=S(=O)(CCNC1CC1)Nc1cccc(Cl)c1Cl. The van der Waals surface area contributed by atoms with Crippen LogP contribution in [0.4, 0.5) is 5.69 Å². The van der Waals surface area contributed by atoms with Crippen LogP contribution < -0.4 is 10.0 Å². The molecule has 1 aromatic rings. The third-order valence-electron chi connectivity index (χ3n) is 2.60. The number of hydrogen-bond acceptors (Lipinski definition) is 3. The van der Waals surface area contributed by atoms with Crippen LogP contribution in [0, 0.1) is 0 Å². The highest BCUT2D eigenvalue weighted by atomic mass is 35.5. The summed E-state index contributed by atoms with van der Waals surface area (Å²) in [5.74, 6) is 0.0202. The molecule has 1 saturated carbocycles. The minimum absolute atomic E-state index is 0.0202. The van der Waals surface area contributed by atoms with Gasteiger partial charge in [-0.25, -0.2) is 8.42 Å². The number of anilines is 1. The smallest absolute Gasteiger partial charge is 0.234 e. The lowest BCUT2D eigenvalue weighted by Gasteiger charge is -2.10. The van der Waals surface area contributed by atoms with Gasteiger partial charge in [-0.2, -0.15) is 0 Å². The average molecular weight is 309 g/mol. The summed E-state index contributed by atoms with van der Waals surface area (Å²) in [6, 6.07) is 5.33. The van der Waals surface area contributed by atoms with E-state index in [0.29, 0.717) is 23.3 Å². The zero-order chi connectivity index (χ0) is 13.2. The van der Waals surface area contributed by atoms with Crippen molar-refractivity contribution < 1.29 is 8.42 Å². The van der Waals surface area contributed by atoms with Gasteiger partial charge in [0.2, 0.25) is 10.0 Å². The highest BCUT2D eigenvalue weighted by Gasteiger charge is 2.21. The predicted octanol–water partition coefficient (Wildman–Crippen LogP) is 2.49. The first kappa shape index (κ1) is 13.9. The van der Waals surface area contributed by atoms with Gasteiger partial charge in [0.05, 0.1) is 21.5 Å². The van der Waals surface area contributed by atoms with Gasteiger partial charge in [0.25, 0.3) is 0 Å². The Bertz CT molecular complexity index is 530. The molecule has 0 atom stereocenters. The van der Waals surface area contributed by atoms with Crippen LogP contribution in [0.3, 0.4) is 0 Å². The minimum Gasteiger partial charge on any atom is -0.313 e. The van der Waals surface area contributed by atoms with E-state index in [-0.39, 0.29) is 10.8 Å². The molecule has 1 aliphatic rings. The summed E-state index contributed by atoms with van der Waals surface area (Å²) >= 11 is 11.7. The van der Waals surface area contributed by atoms with Crippen molar-refractivity contribution in [2.24, 2.45) is 0 Å². The summed E-state index contributed by atoms with van der Waals surface area (Å²) in [4.78, 5) is 0. The van der Waals surface area contributed by atoms with Crippen LogP contribution in [-0.2, 0) is 10.0 Å². The maximum absolute atomic E-state index is 11.8. The Morgan fingerprint density at radius 2 is 2.00 bits per heavy atom. The van der Waals surface area contributed by atoms with E-state index in [4.69, 9.17) is 23.2 Å². The van der Waals surface area contributed by atoms with Crippen LogP contribution in [0.2, 0.25) is 10.0 Å². The molecular formula is C11H14Cl2N2O2S. The van der Waals surface area contributed by atoms with Crippen molar-refractivity contribution >= 4 is 38.9 Å². The molecule has 4 nitrogen and oxygen atoms in total. The normalized spacial score (nSPS) is 15.7. The molecule has 2 rings (SSSR count). The fourth-order valence-electron chi connectivity index (χ4n) is 1.49. The van der Waals surface area contributed by atoms with E-state index in [2.05, 4.69) is 10.0 Å². The summed E-state index contributed by atoms with van der Waals surface area (Å²) in [6.45, 7) is 0.443. The second kappa shape index (κ2) is 5.65. The molecule has 18 heavy (non-hydrogen) atoms. The Morgan fingerprint density at radius 3 is 2.67 bits per heavy atom. The van der Waals surface area contributed by atoms with Crippen molar-refractivity contribution in [2.75, 3.05) is 17.0 Å². The molecule has 0 spiro atoms. The van der Waals surface area contributed by atoms with E-state index in [1.165, 1.54) is 0 Å². The van der Waals surface area contributed by atoms with Crippen LogP contribution in [0.1, 0.15) is 12.8 Å². The summed E-state index contributed by atoms with van der Waals surface area (Å²) in [5.41, 5.74) is 0.315. The van der Waals surface area contributed by atoms with Crippen molar-refractivity contribution in [3.8, 4) is 0 Å². The van der Waals surface area contributed by atoms with Crippen LogP contribution in [0.15, 0.2) is 18.2 Å². The van der Waals surface area contributed by atoms with Gasteiger partial charge in [0, 0.05) is 12.6 Å². The van der Waals surface area contributed by atoms with Gasteiger partial charge in [-0.15, -0.1) is 0 Å². The van der Waals surface area contributed by atoms with Gasteiger partial charge in [-0.1, -0.05) is 29.3 Å². The number of halogens is 2. The van der Waals surface area contributed by atoms with Gasteiger partial charge in [-0.3, -0.25) is 4.72 Å². The van der Waals surface area contributed by atoms with Gasteiger partial charge in [-0.05, 0) is 25.0 Å². The van der Waals surface area contributed by atoms with Crippen LogP contribution >= 0.6 is 23.2 Å².